The fourth-order valence-corrected chi connectivity index (χ4v) is 1.42. The van der Waals surface area contributed by atoms with Gasteiger partial charge in [0.2, 0.25) is 0 Å². The van der Waals surface area contributed by atoms with Crippen LogP contribution in [-0.2, 0) is 14.2 Å². The maximum atomic E-state index is 9.84. The molecule has 0 aliphatic heterocycles. The molecule has 18 heavy (non-hydrogen) atoms. The Morgan fingerprint density at radius 3 is 2.61 bits per heavy atom. The van der Waals surface area contributed by atoms with Gasteiger partial charge in [-0.3, -0.25) is 0 Å². The molecule has 1 rings (SSSR count). The predicted octanol–water partition coefficient (Wildman–Crippen LogP) is 0.982. The van der Waals surface area contributed by atoms with Crippen LogP contribution >= 0.6 is 0 Å². The quantitative estimate of drug-likeness (QED) is 0.508. The maximum absolute atomic E-state index is 9.84. The smallest absolute Gasteiger partial charge is 0.102 e. The Morgan fingerprint density at radius 2 is 1.89 bits per heavy atom. The number of aliphatic hydroxyl groups excluding tert-OH is 1. The average molecular weight is 255 g/mol. The van der Waals surface area contributed by atoms with Crippen molar-refractivity contribution in [3.63, 3.8) is 0 Å². The fraction of sp³-hybridized carbons (Fsp3) is 0.538. The Labute approximate surface area is 107 Å². The second-order valence-electron chi connectivity index (χ2n) is 3.87. The Kier molecular flexibility index (Phi) is 7.36. The number of rotatable bonds is 9. The number of ether oxygens (including phenoxy) is 3. The number of hydrogen-bond donors (Lipinski definition) is 2. The zero-order valence-electron chi connectivity index (χ0n) is 10.7. The van der Waals surface area contributed by atoms with Crippen molar-refractivity contribution in [2.75, 3.05) is 45.9 Å². The van der Waals surface area contributed by atoms with E-state index in [2.05, 4.69) is 0 Å². The molecule has 0 amide bonds. The molecule has 0 spiro atoms. The van der Waals surface area contributed by atoms with Crippen LogP contribution in [0.3, 0.4) is 0 Å². The summed E-state index contributed by atoms with van der Waals surface area (Å²) < 4.78 is 15.4. The standard InChI is InChI=1S/C13H21NO4/c1-16-5-6-17-7-8-18-10-13(15)11-3-2-4-12(14)9-11/h2-4,9,13,15H,5-8,10,14H2,1H3. The lowest BCUT2D eigenvalue weighted by atomic mass is 10.1. The summed E-state index contributed by atoms with van der Waals surface area (Å²) in [6, 6.07) is 7.14. The van der Waals surface area contributed by atoms with E-state index in [4.69, 9.17) is 19.9 Å². The molecule has 0 radical (unpaired) electrons. The minimum Gasteiger partial charge on any atom is -0.399 e. The first-order valence-corrected chi connectivity index (χ1v) is 5.92. The van der Waals surface area contributed by atoms with Crippen molar-refractivity contribution >= 4 is 5.69 Å². The van der Waals surface area contributed by atoms with E-state index in [0.717, 1.165) is 5.56 Å². The third kappa shape index (κ3) is 5.97. The van der Waals surface area contributed by atoms with Crippen LogP contribution in [0.25, 0.3) is 0 Å². The van der Waals surface area contributed by atoms with E-state index in [1.165, 1.54) is 0 Å². The van der Waals surface area contributed by atoms with Crippen molar-refractivity contribution < 1.29 is 19.3 Å². The number of anilines is 1. The summed E-state index contributed by atoms with van der Waals surface area (Å²) >= 11 is 0. The molecule has 0 aliphatic carbocycles. The minimum atomic E-state index is -0.660. The molecule has 0 aromatic heterocycles. The van der Waals surface area contributed by atoms with Gasteiger partial charge in [0, 0.05) is 12.8 Å². The highest BCUT2D eigenvalue weighted by molar-refractivity contribution is 5.41. The molecular formula is C13H21NO4. The minimum absolute atomic E-state index is 0.233. The van der Waals surface area contributed by atoms with E-state index in [-0.39, 0.29) is 6.61 Å². The van der Waals surface area contributed by atoms with Crippen molar-refractivity contribution in [3.8, 4) is 0 Å². The molecule has 5 heteroatoms. The third-order valence-corrected chi connectivity index (χ3v) is 2.37. The topological polar surface area (TPSA) is 73.9 Å². The number of nitrogens with two attached hydrogens (primary N) is 1. The number of methoxy groups -OCH3 is 1. The molecule has 0 fully saturated rings. The zero-order valence-corrected chi connectivity index (χ0v) is 10.7. The molecular weight excluding hydrogens is 234 g/mol. The fourth-order valence-electron chi connectivity index (χ4n) is 1.42. The number of hydrogen-bond acceptors (Lipinski definition) is 5. The van der Waals surface area contributed by atoms with E-state index in [9.17, 15) is 5.11 Å². The first kappa shape index (κ1) is 14.9. The molecule has 5 nitrogen and oxygen atoms in total. The van der Waals surface area contributed by atoms with Gasteiger partial charge in [-0.2, -0.15) is 0 Å². The molecule has 102 valence electrons. The predicted molar refractivity (Wildman–Crippen MR) is 69.3 cm³/mol. The van der Waals surface area contributed by atoms with Crippen LogP contribution in [0.1, 0.15) is 11.7 Å². The largest absolute Gasteiger partial charge is 0.399 e. The molecule has 1 aromatic carbocycles. The van der Waals surface area contributed by atoms with Gasteiger partial charge >= 0.3 is 0 Å². The Bertz CT molecular complexity index is 333. The van der Waals surface area contributed by atoms with E-state index in [1.54, 1.807) is 19.2 Å². The van der Waals surface area contributed by atoms with Crippen LogP contribution in [0.2, 0.25) is 0 Å². The molecule has 1 atom stereocenters. The van der Waals surface area contributed by atoms with Crippen molar-refractivity contribution in [1.82, 2.24) is 0 Å². The van der Waals surface area contributed by atoms with Gasteiger partial charge in [-0.15, -0.1) is 0 Å². The highest BCUT2D eigenvalue weighted by atomic mass is 16.5. The average Bonchev–Trinajstić information content (AvgIpc) is 2.37. The van der Waals surface area contributed by atoms with Crippen LogP contribution < -0.4 is 5.73 Å². The Hall–Kier alpha value is -1.14. The van der Waals surface area contributed by atoms with Crippen molar-refractivity contribution in [1.29, 1.82) is 0 Å². The van der Waals surface area contributed by atoms with Gasteiger partial charge in [-0.25, -0.2) is 0 Å². The molecule has 0 aliphatic rings. The lowest BCUT2D eigenvalue weighted by molar-refractivity contribution is -0.00589. The van der Waals surface area contributed by atoms with Crippen LogP contribution in [0, 0.1) is 0 Å². The molecule has 1 aromatic rings. The van der Waals surface area contributed by atoms with Gasteiger partial charge in [0.25, 0.3) is 0 Å². The molecule has 0 saturated carbocycles. The maximum Gasteiger partial charge on any atom is 0.102 e. The summed E-state index contributed by atoms with van der Waals surface area (Å²) in [7, 11) is 1.63. The SMILES string of the molecule is COCCOCCOCC(O)c1cccc(N)c1. The molecule has 3 N–H and O–H groups in total. The van der Waals surface area contributed by atoms with Crippen LogP contribution in [0.4, 0.5) is 5.69 Å². The summed E-state index contributed by atoms with van der Waals surface area (Å²) in [4.78, 5) is 0. The zero-order chi connectivity index (χ0) is 13.2. The van der Waals surface area contributed by atoms with Crippen LogP contribution in [0.15, 0.2) is 24.3 Å². The lowest BCUT2D eigenvalue weighted by Gasteiger charge is -2.12. The van der Waals surface area contributed by atoms with Crippen molar-refractivity contribution in [2.24, 2.45) is 0 Å². The number of aliphatic hydroxyl groups is 1. The summed E-state index contributed by atoms with van der Waals surface area (Å²) in [5.74, 6) is 0. The second kappa shape index (κ2) is 8.88. The first-order chi connectivity index (χ1) is 8.74. The van der Waals surface area contributed by atoms with Gasteiger partial charge < -0.3 is 25.1 Å². The Balaban J connectivity index is 2.12. The highest BCUT2D eigenvalue weighted by Gasteiger charge is 2.07. The van der Waals surface area contributed by atoms with Crippen LogP contribution in [0.5, 0.6) is 0 Å². The van der Waals surface area contributed by atoms with E-state index in [1.807, 2.05) is 12.1 Å². The molecule has 0 saturated heterocycles. The van der Waals surface area contributed by atoms with Crippen LogP contribution in [-0.4, -0.2) is 45.3 Å². The summed E-state index contributed by atoms with van der Waals surface area (Å²) in [6.45, 7) is 2.30. The number of nitrogen functional groups attached to an aromatic ring is 1. The van der Waals surface area contributed by atoms with E-state index < -0.39 is 6.10 Å². The molecule has 0 bridgehead atoms. The summed E-state index contributed by atoms with van der Waals surface area (Å²) in [5.41, 5.74) is 7.03. The van der Waals surface area contributed by atoms with Gasteiger partial charge in [-0.05, 0) is 17.7 Å². The van der Waals surface area contributed by atoms with Crippen molar-refractivity contribution in [2.45, 2.75) is 6.10 Å². The summed E-state index contributed by atoms with van der Waals surface area (Å²) in [6.07, 6.45) is -0.660. The Morgan fingerprint density at radius 1 is 1.17 bits per heavy atom. The normalized spacial score (nSPS) is 12.6. The monoisotopic (exact) mass is 255 g/mol. The van der Waals surface area contributed by atoms with E-state index >= 15 is 0 Å². The van der Waals surface area contributed by atoms with Gasteiger partial charge in [-0.1, -0.05) is 12.1 Å². The van der Waals surface area contributed by atoms with E-state index in [0.29, 0.717) is 32.1 Å². The van der Waals surface area contributed by atoms with Gasteiger partial charge in [0.05, 0.1) is 33.0 Å². The first-order valence-electron chi connectivity index (χ1n) is 5.92. The number of benzene rings is 1. The molecule has 0 heterocycles. The van der Waals surface area contributed by atoms with Gasteiger partial charge in [0.1, 0.15) is 6.10 Å². The lowest BCUT2D eigenvalue weighted by Crippen LogP contribution is -2.12. The highest BCUT2D eigenvalue weighted by Crippen LogP contribution is 2.15. The van der Waals surface area contributed by atoms with Gasteiger partial charge in [0.15, 0.2) is 0 Å². The molecule has 1 unspecified atom stereocenters. The van der Waals surface area contributed by atoms with Crippen molar-refractivity contribution in [3.05, 3.63) is 29.8 Å². The third-order valence-electron chi connectivity index (χ3n) is 2.37. The second-order valence-corrected chi connectivity index (χ2v) is 3.87. The summed E-state index contributed by atoms with van der Waals surface area (Å²) in [5, 5.41) is 9.84.